The average Bonchev–Trinajstić information content (AvgIpc) is 2.81. The van der Waals surface area contributed by atoms with Crippen molar-refractivity contribution in [3.63, 3.8) is 0 Å². The molecule has 3 nitrogen and oxygen atoms in total. The molecule has 0 aromatic carbocycles. The van der Waals surface area contributed by atoms with E-state index in [1.54, 1.807) is 0 Å². The first-order valence-corrected chi connectivity index (χ1v) is 6.00. The van der Waals surface area contributed by atoms with Crippen LogP contribution in [0.25, 0.3) is 0 Å². The molecule has 1 fully saturated rings. The summed E-state index contributed by atoms with van der Waals surface area (Å²) in [6, 6.07) is 0. The lowest BCUT2D eigenvalue weighted by Crippen LogP contribution is -2.10. The van der Waals surface area contributed by atoms with E-state index in [1.165, 1.54) is 12.0 Å². The summed E-state index contributed by atoms with van der Waals surface area (Å²) < 4.78 is 0. The zero-order chi connectivity index (χ0) is 11.9. The molecule has 88 valence electrons. The minimum Gasteiger partial charge on any atom is -0.330 e. The third-order valence-electron chi connectivity index (χ3n) is 3.66. The van der Waals surface area contributed by atoms with Gasteiger partial charge in [0.25, 0.3) is 0 Å². The Kier molecular flexibility index (Phi) is 2.74. The van der Waals surface area contributed by atoms with Crippen molar-refractivity contribution in [3.8, 4) is 0 Å². The Morgan fingerprint density at radius 2 is 1.75 bits per heavy atom. The maximum absolute atomic E-state index is 5.60. The minimum atomic E-state index is 0.397. The molecule has 2 N–H and O–H groups in total. The highest BCUT2D eigenvalue weighted by molar-refractivity contribution is 5.28. The maximum atomic E-state index is 5.60. The van der Waals surface area contributed by atoms with Gasteiger partial charge in [0.1, 0.15) is 5.82 Å². The fraction of sp³-hybridized carbons (Fsp3) is 0.692. The van der Waals surface area contributed by atoms with E-state index in [0.717, 1.165) is 23.6 Å². The van der Waals surface area contributed by atoms with Gasteiger partial charge in [0.15, 0.2) is 0 Å². The van der Waals surface area contributed by atoms with Gasteiger partial charge in [-0.2, -0.15) is 0 Å². The fourth-order valence-corrected chi connectivity index (χ4v) is 2.34. The summed E-state index contributed by atoms with van der Waals surface area (Å²) in [6.07, 6.45) is 2.09. The second-order valence-electron chi connectivity index (χ2n) is 5.52. The number of aryl methyl sites for hydroxylation is 2. The lowest BCUT2D eigenvalue weighted by atomic mass is 10.1. The van der Waals surface area contributed by atoms with Crippen molar-refractivity contribution in [1.82, 2.24) is 9.97 Å². The molecule has 3 heteroatoms. The molecule has 1 aliphatic rings. The van der Waals surface area contributed by atoms with Crippen molar-refractivity contribution in [1.29, 1.82) is 0 Å². The molecule has 0 aliphatic heterocycles. The van der Waals surface area contributed by atoms with Crippen molar-refractivity contribution in [2.24, 2.45) is 11.1 Å². The molecule has 16 heavy (non-hydrogen) atoms. The molecule has 1 aromatic rings. The van der Waals surface area contributed by atoms with Crippen molar-refractivity contribution < 1.29 is 0 Å². The smallest absolute Gasteiger partial charge is 0.132 e. The summed E-state index contributed by atoms with van der Waals surface area (Å²) in [7, 11) is 0. The topological polar surface area (TPSA) is 51.8 Å². The second kappa shape index (κ2) is 3.81. The number of hydrogen-bond acceptors (Lipinski definition) is 3. The predicted molar refractivity (Wildman–Crippen MR) is 65.4 cm³/mol. The standard InChI is InChI=1S/C13H21N3/c1-8-10(5-6-14)9(2)16-12(15-8)11-7-13(11,3)4/h11H,5-7,14H2,1-4H3. The molecule has 2 rings (SSSR count). The van der Waals surface area contributed by atoms with Crippen molar-refractivity contribution >= 4 is 0 Å². The van der Waals surface area contributed by atoms with Crippen molar-refractivity contribution in [2.45, 2.75) is 46.5 Å². The summed E-state index contributed by atoms with van der Waals surface area (Å²) in [6.45, 7) is 9.36. The summed E-state index contributed by atoms with van der Waals surface area (Å²) in [5, 5.41) is 0. The Balaban J connectivity index is 2.31. The van der Waals surface area contributed by atoms with Crippen molar-refractivity contribution in [3.05, 3.63) is 22.8 Å². The van der Waals surface area contributed by atoms with Crippen LogP contribution in [0.15, 0.2) is 0 Å². The molecule has 1 atom stereocenters. The van der Waals surface area contributed by atoms with Gasteiger partial charge in [0, 0.05) is 17.3 Å². The van der Waals surface area contributed by atoms with Gasteiger partial charge in [-0.3, -0.25) is 0 Å². The predicted octanol–water partition coefficient (Wildman–Crippen LogP) is 2.11. The van der Waals surface area contributed by atoms with Crippen LogP contribution in [0.3, 0.4) is 0 Å². The molecule has 0 spiro atoms. The third-order valence-corrected chi connectivity index (χ3v) is 3.66. The number of rotatable bonds is 3. The van der Waals surface area contributed by atoms with Crippen LogP contribution in [0.4, 0.5) is 0 Å². The van der Waals surface area contributed by atoms with Crippen LogP contribution >= 0.6 is 0 Å². The van der Waals surface area contributed by atoms with E-state index in [4.69, 9.17) is 5.73 Å². The quantitative estimate of drug-likeness (QED) is 0.847. The van der Waals surface area contributed by atoms with Crippen LogP contribution in [-0.4, -0.2) is 16.5 Å². The van der Waals surface area contributed by atoms with Crippen LogP contribution in [0.5, 0.6) is 0 Å². The molecule has 0 amide bonds. The minimum absolute atomic E-state index is 0.397. The normalized spacial score (nSPS) is 22.2. The molecular formula is C13H21N3. The lowest BCUT2D eigenvalue weighted by molar-refractivity contribution is 0.605. The van der Waals surface area contributed by atoms with Crippen LogP contribution < -0.4 is 5.73 Å². The number of aromatic nitrogens is 2. The largest absolute Gasteiger partial charge is 0.330 e. The number of nitrogens with zero attached hydrogens (tertiary/aromatic N) is 2. The van der Waals surface area contributed by atoms with Gasteiger partial charge in [-0.1, -0.05) is 13.8 Å². The molecule has 1 saturated carbocycles. The lowest BCUT2D eigenvalue weighted by Gasteiger charge is -2.10. The van der Waals surface area contributed by atoms with E-state index in [9.17, 15) is 0 Å². The summed E-state index contributed by atoms with van der Waals surface area (Å²) in [4.78, 5) is 9.29. The van der Waals surface area contributed by atoms with E-state index < -0.39 is 0 Å². The van der Waals surface area contributed by atoms with E-state index in [0.29, 0.717) is 17.9 Å². The maximum Gasteiger partial charge on any atom is 0.132 e. The zero-order valence-electron chi connectivity index (χ0n) is 10.7. The van der Waals surface area contributed by atoms with Crippen LogP contribution in [0, 0.1) is 19.3 Å². The highest BCUT2D eigenvalue weighted by Gasteiger charge is 2.48. The van der Waals surface area contributed by atoms with Gasteiger partial charge in [-0.05, 0) is 44.2 Å². The molecule has 0 saturated heterocycles. The average molecular weight is 219 g/mol. The van der Waals surface area contributed by atoms with E-state index in [-0.39, 0.29) is 0 Å². The first kappa shape index (κ1) is 11.5. The van der Waals surface area contributed by atoms with Gasteiger partial charge >= 0.3 is 0 Å². The van der Waals surface area contributed by atoms with Gasteiger partial charge < -0.3 is 5.73 Å². The zero-order valence-corrected chi connectivity index (χ0v) is 10.7. The van der Waals surface area contributed by atoms with Gasteiger partial charge in [0.05, 0.1) is 0 Å². The Bertz CT molecular complexity index is 387. The monoisotopic (exact) mass is 219 g/mol. The molecule has 1 heterocycles. The molecule has 0 radical (unpaired) electrons. The molecule has 1 unspecified atom stereocenters. The Labute approximate surface area is 97.5 Å². The van der Waals surface area contributed by atoms with E-state index in [2.05, 4.69) is 37.7 Å². The Hall–Kier alpha value is -0.960. The molecule has 1 aliphatic carbocycles. The Morgan fingerprint density at radius 3 is 2.12 bits per heavy atom. The molecule has 0 bridgehead atoms. The van der Waals surface area contributed by atoms with Crippen molar-refractivity contribution in [2.75, 3.05) is 6.54 Å². The van der Waals surface area contributed by atoms with Crippen LogP contribution in [0.1, 0.15) is 49.0 Å². The highest BCUT2D eigenvalue weighted by Crippen LogP contribution is 2.57. The van der Waals surface area contributed by atoms with Gasteiger partial charge in [-0.25, -0.2) is 9.97 Å². The molecular weight excluding hydrogens is 198 g/mol. The Morgan fingerprint density at radius 1 is 1.25 bits per heavy atom. The summed E-state index contributed by atoms with van der Waals surface area (Å²) in [5.41, 5.74) is 9.43. The van der Waals surface area contributed by atoms with Gasteiger partial charge in [0.2, 0.25) is 0 Å². The van der Waals surface area contributed by atoms with E-state index in [1.807, 2.05) is 0 Å². The highest BCUT2D eigenvalue weighted by atomic mass is 14.9. The number of nitrogens with two attached hydrogens (primary N) is 1. The summed E-state index contributed by atoms with van der Waals surface area (Å²) >= 11 is 0. The van der Waals surface area contributed by atoms with Gasteiger partial charge in [-0.15, -0.1) is 0 Å². The third kappa shape index (κ3) is 1.96. The fourth-order valence-electron chi connectivity index (χ4n) is 2.34. The van der Waals surface area contributed by atoms with Crippen LogP contribution in [0.2, 0.25) is 0 Å². The summed E-state index contributed by atoms with van der Waals surface area (Å²) in [5.74, 6) is 1.58. The van der Waals surface area contributed by atoms with E-state index >= 15 is 0 Å². The van der Waals surface area contributed by atoms with Crippen LogP contribution in [-0.2, 0) is 6.42 Å². The SMILES string of the molecule is Cc1nc(C2CC2(C)C)nc(C)c1CCN. The first-order chi connectivity index (χ1) is 7.45. The number of hydrogen-bond donors (Lipinski definition) is 1. The second-order valence-corrected chi connectivity index (χ2v) is 5.52. The first-order valence-electron chi connectivity index (χ1n) is 6.00. The molecule has 1 aromatic heterocycles.